The van der Waals surface area contributed by atoms with Crippen molar-refractivity contribution >= 4 is 61.3 Å². The Hall–Kier alpha value is -3.00. The standard InChI is InChI=1S/C24H17ClN2O3S2/c1-12-9-13(2)19-17(10-12)32-24(26-19)27-20(14-5-3-6-15(25)11-14)18(22(29)23(27)30)21(28)16-7-4-8-31-16/h3-11,20,29H,1-2H3. The van der Waals surface area contributed by atoms with Gasteiger partial charge in [-0.1, -0.05) is 47.2 Å². The third-order valence-electron chi connectivity index (χ3n) is 5.39. The lowest BCUT2D eigenvalue weighted by atomic mass is 9.95. The number of amides is 1. The molecular formula is C24H17ClN2O3S2. The van der Waals surface area contributed by atoms with Gasteiger partial charge in [-0.3, -0.25) is 14.5 Å². The molecule has 0 aliphatic carbocycles. The Balaban J connectivity index is 1.71. The van der Waals surface area contributed by atoms with Gasteiger partial charge in [0.1, 0.15) is 0 Å². The van der Waals surface area contributed by atoms with Crippen LogP contribution in [-0.4, -0.2) is 21.8 Å². The van der Waals surface area contributed by atoms with Crippen molar-refractivity contribution in [3.05, 3.63) is 91.8 Å². The summed E-state index contributed by atoms with van der Waals surface area (Å²) in [6.45, 7) is 3.98. The Morgan fingerprint density at radius 1 is 1.16 bits per heavy atom. The summed E-state index contributed by atoms with van der Waals surface area (Å²) in [5, 5.41) is 13.5. The number of anilines is 1. The average molecular weight is 481 g/mol. The number of Topliss-reactive ketones (excluding diaryl/α,β-unsaturated/α-hetero) is 1. The molecule has 1 atom stereocenters. The number of fused-ring (bicyclic) bond motifs is 1. The maximum absolute atomic E-state index is 13.3. The molecule has 1 unspecified atom stereocenters. The molecule has 0 fully saturated rings. The van der Waals surface area contributed by atoms with Crippen LogP contribution in [0.15, 0.2) is 65.2 Å². The third-order valence-corrected chi connectivity index (χ3v) is 7.49. The van der Waals surface area contributed by atoms with Gasteiger partial charge >= 0.3 is 0 Å². The van der Waals surface area contributed by atoms with Gasteiger partial charge in [-0.05, 0) is 60.2 Å². The van der Waals surface area contributed by atoms with Gasteiger partial charge in [0.05, 0.1) is 26.7 Å². The fourth-order valence-electron chi connectivity index (χ4n) is 4.03. The van der Waals surface area contributed by atoms with E-state index in [2.05, 4.69) is 0 Å². The summed E-state index contributed by atoms with van der Waals surface area (Å²) in [5.74, 6) is -1.59. The summed E-state index contributed by atoms with van der Waals surface area (Å²) in [7, 11) is 0. The number of hydrogen-bond donors (Lipinski definition) is 1. The zero-order chi connectivity index (χ0) is 22.6. The summed E-state index contributed by atoms with van der Waals surface area (Å²) in [5.41, 5.74) is 3.55. The Kier molecular flexibility index (Phi) is 5.12. The van der Waals surface area contributed by atoms with Crippen LogP contribution in [0.25, 0.3) is 10.2 Å². The van der Waals surface area contributed by atoms with Crippen LogP contribution in [0.3, 0.4) is 0 Å². The van der Waals surface area contributed by atoms with Gasteiger partial charge in [0.2, 0.25) is 5.78 Å². The van der Waals surface area contributed by atoms with Crippen LogP contribution in [0.2, 0.25) is 5.02 Å². The number of benzene rings is 2. The van der Waals surface area contributed by atoms with Crippen molar-refractivity contribution in [1.29, 1.82) is 0 Å². The number of hydrogen-bond acceptors (Lipinski definition) is 6. The highest BCUT2D eigenvalue weighted by Crippen LogP contribution is 2.45. The lowest BCUT2D eigenvalue weighted by Gasteiger charge is -2.24. The normalized spacial score (nSPS) is 16.4. The second-order valence-electron chi connectivity index (χ2n) is 7.63. The van der Waals surface area contributed by atoms with Crippen molar-refractivity contribution in [3.8, 4) is 0 Å². The maximum atomic E-state index is 13.3. The minimum Gasteiger partial charge on any atom is -0.503 e. The van der Waals surface area contributed by atoms with Crippen LogP contribution >= 0.6 is 34.3 Å². The van der Waals surface area contributed by atoms with E-state index in [-0.39, 0.29) is 11.4 Å². The Morgan fingerprint density at radius 3 is 2.69 bits per heavy atom. The van der Waals surface area contributed by atoms with E-state index in [1.807, 2.05) is 26.0 Å². The molecule has 1 amide bonds. The molecule has 0 radical (unpaired) electrons. The van der Waals surface area contributed by atoms with Crippen molar-refractivity contribution in [2.24, 2.45) is 0 Å². The molecule has 2 aromatic carbocycles. The van der Waals surface area contributed by atoms with E-state index in [1.165, 1.54) is 27.6 Å². The van der Waals surface area contributed by atoms with E-state index in [0.717, 1.165) is 21.3 Å². The van der Waals surface area contributed by atoms with Crippen LogP contribution in [0.1, 0.15) is 32.4 Å². The second-order valence-corrected chi connectivity index (χ2v) is 10.0. The van der Waals surface area contributed by atoms with Crippen LogP contribution in [0.4, 0.5) is 5.13 Å². The lowest BCUT2D eigenvalue weighted by Crippen LogP contribution is -2.30. The SMILES string of the molecule is Cc1cc(C)c2nc(N3C(=O)C(O)=C(C(=O)c4cccs4)C3c3cccc(Cl)c3)sc2c1. The number of halogens is 1. The number of aryl methyl sites for hydroxylation is 2. The summed E-state index contributed by atoms with van der Waals surface area (Å²) >= 11 is 8.86. The molecule has 5 nitrogen and oxygen atoms in total. The highest BCUT2D eigenvalue weighted by molar-refractivity contribution is 7.22. The summed E-state index contributed by atoms with van der Waals surface area (Å²) in [6.07, 6.45) is 0. The monoisotopic (exact) mass is 480 g/mol. The third kappa shape index (κ3) is 3.33. The number of ketones is 1. The average Bonchev–Trinajstić information content (AvgIpc) is 3.47. The second kappa shape index (κ2) is 7.85. The molecule has 0 bridgehead atoms. The van der Waals surface area contributed by atoms with Crippen LogP contribution in [-0.2, 0) is 4.79 Å². The van der Waals surface area contributed by atoms with Crippen LogP contribution < -0.4 is 4.90 Å². The van der Waals surface area contributed by atoms with Gasteiger partial charge in [0.15, 0.2) is 10.9 Å². The summed E-state index contributed by atoms with van der Waals surface area (Å²) in [6, 6.07) is 13.6. The molecule has 32 heavy (non-hydrogen) atoms. The molecule has 0 saturated carbocycles. The number of nitrogens with zero attached hydrogens (tertiary/aromatic N) is 2. The molecule has 1 N–H and O–H groups in total. The fraction of sp³-hybridized carbons (Fsp3) is 0.125. The van der Waals surface area contributed by atoms with Crippen molar-refractivity contribution in [3.63, 3.8) is 0 Å². The number of aliphatic hydroxyl groups is 1. The molecular weight excluding hydrogens is 464 g/mol. The molecule has 0 spiro atoms. The Bertz CT molecular complexity index is 1420. The van der Waals surface area contributed by atoms with E-state index < -0.39 is 17.7 Å². The van der Waals surface area contributed by atoms with Gasteiger partial charge in [-0.2, -0.15) is 0 Å². The zero-order valence-electron chi connectivity index (χ0n) is 17.1. The first kappa shape index (κ1) is 20.9. The number of carbonyl (C=O) groups excluding carboxylic acids is 2. The zero-order valence-corrected chi connectivity index (χ0v) is 19.5. The number of aromatic nitrogens is 1. The van der Waals surface area contributed by atoms with Gasteiger partial charge < -0.3 is 5.11 Å². The molecule has 5 rings (SSSR count). The number of aliphatic hydroxyl groups excluding tert-OH is 1. The molecule has 4 aromatic rings. The van der Waals surface area contributed by atoms with Crippen molar-refractivity contribution in [2.75, 3.05) is 4.90 Å². The first-order chi connectivity index (χ1) is 15.3. The van der Waals surface area contributed by atoms with Gasteiger partial charge in [0.25, 0.3) is 5.91 Å². The van der Waals surface area contributed by atoms with E-state index in [9.17, 15) is 14.7 Å². The predicted octanol–water partition coefficient (Wildman–Crippen LogP) is 6.41. The summed E-state index contributed by atoms with van der Waals surface area (Å²) in [4.78, 5) is 33.2. The molecule has 3 heterocycles. The Labute approximate surface area is 197 Å². The topological polar surface area (TPSA) is 70.5 Å². The van der Waals surface area contributed by atoms with E-state index in [0.29, 0.717) is 20.6 Å². The number of rotatable bonds is 4. The quantitative estimate of drug-likeness (QED) is 0.342. The number of thiazole rings is 1. The van der Waals surface area contributed by atoms with Crippen LogP contribution in [0, 0.1) is 13.8 Å². The van der Waals surface area contributed by atoms with Crippen molar-refractivity contribution in [1.82, 2.24) is 4.98 Å². The highest BCUT2D eigenvalue weighted by Gasteiger charge is 2.46. The van der Waals surface area contributed by atoms with Gasteiger partial charge in [-0.15, -0.1) is 11.3 Å². The lowest BCUT2D eigenvalue weighted by molar-refractivity contribution is -0.117. The number of carbonyl (C=O) groups is 2. The molecule has 2 aromatic heterocycles. The molecule has 160 valence electrons. The number of thiophene rings is 1. The fourth-order valence-corrected chi connectivity index (χ4v) is 6.07. The highest BCUT2D eigenvalue weighted by atomic mass is 35.5. The van der Waals surface area contributed by atoms with Crippen molar-refractivity contribution < 1.29 is 14.7 Å². The van der Waals surface area contributed by atoms with E-state index in [1.54, 1.807) is 41.8 Å². The van der Waals surface area contributed by atoms with Gasteiger partial charge in [-0.25, -0.2) is 4.98 Å². The molecule has 0 saturated heterocycles. The van der Waals surface area contributed by atoms with Crippen LogP contribution in [0.5, 0.6) is 0 Å². The molecule has 1 aliphatic heterocycles. The minimum atomic E-state index is -0.835. The Morgan fingerprint density at radius 2 is 1.97 bits per heavy atom. The minimum absolute atomic E-state index is 0.0341. The first-order valence-corrected chi connectivity index (χ1v) is 11.9. The largest absolute Gasteiger partial charge is 0.503 e. The van der Waals surface area contributed by atoms with E-state index in [4.69, 9.17) is 16.6 Å². The van der Waals surface area contributed by atoms with Crippen molar-refractivity contribution in [2.45, 2.75) is 19.9 Å². The first-order valence-electron chi connectivity index (χ1n) is 9.83. The smallest absolute Gasteiger partial charge is 0.296 e. The molecule has 8 heteroatoms. The summed E-state index contributed by atoms with van der Waals surface area (Å²) < 4.78 is 0.938. The molecule has 1 aliphatic rings. The maximum Gasteiger partial charge on any atom is 0.296 e. The van der Waals surface area contributed by atoms with E-state index >= 15 is 0 Å². The van der Waals surface area contributed by atoms with Gasteiger partial charge in [0, 0.05) is 5.02 Å². The predicted molar refractivity (Wildman–Crippen MR) is 129 cm³/mol.